The lowest BCUT2D eigenvalue weighted by atomic mass is 9.50. The zero-order valence-electron chi connectivity index (χ0n) is 14.2. The highest BCUT2D eigenvalue weighted by atomic mass is 16.6. The summed E-state index contributed by atoms with van der Waals surface area (Å²) in [5.41, 5.74) is -0.303. The molecule has 0 aromatic carbocycles. The van der Waals surface area contributed by atoms with Gasteiger partial charge in [0.1, 0.15) is 18.8 Å². The van der Waals surface area contributed by atoms with Crippen LogP contribution in [0.4, 0.5) is 0 Å². The minimum absolute atomic E-state index is 0.0639. The molecule has 0 saturated heterocycles. The molecule has 0 aromatic rings. The molecule has 4 aliphatic rings. The zero-order valence-corrected chi connectivity index (χ0v) is 14.2. The molecule has 0 atom stereocenters. The summed E-state index contributed by atoms with van der Waals surface area (Å²) in [6.07, 6.45) is 6.59. The largest absolute Gasteiger partial charge is 0.463 e. The molecule has 5 heteroatoms. The number of rotatable bonds is 7. The third-order valence-electron chi connectivity index (χ3n) is 6.09. The van der Waals surface area contributed by atoms with Gasteiger partial charge in [0.25, 0.3) is 0 Å². The van der Waals surface area contributed by atoms with Crippen LogP contribution in [-0.2, 0) is 23.8 Å². The lowest BCUT2D eigenvalue weighted by Gasteiger charge is -2.59. The van der Waals surface area contributed by atoms with Gasteiger partial charge in [-0.05, 0) is 62.7 Å². The molecule has 130 valence electrons. The first-order valence-electron chi connectivity index (χ1n) is 8.96. The SMILES string of the molecule is CCC(=O)OCCOCC(=O)OC1(C)C2CC3CC(C2)CC1C3. The summed E-state index contributed by atoms with van der Waals surface area (Å²) in [5, 5.41) is 0. The van der Waals surface area contributed by atoms with E-state index in [2.05, 4.69) is 6.92 Å². The second kappa shape index (κ2) is 6.80. The Bertz CT molecular complexity index is 430. The Morgan fingerprint density at radius 2 is 1.57 bits per heavy atom. The van der Waals surface area contributed by atoms with E-state index in [1.165, 1.54) is 32.1 Å². The van der Waals surface area contributed by atoms with Gasteiger partial charge in [-0.25, -0.2) is 4.79 Å². The van der Waals surface area contributed by atoms with E-state index in [0.29, 0.717) is 18.3 Å². The molecular weight excluding hydrogens is 296 g/mol. The summed E-state index contributed by atoms with van der Waals surface area (Å²) in [5.74, 6) is 2.21. The van der Waals surface area contributed by atoms with E-state index in [-0.39, 0.29) is 37.4 Å². The van der Waals surface area contributed by atoms with Gasteiger partial charge in [-0.1, -0.05) is 6.92 Å². The molecule has 4 saturated carbocycles. The van der Waals surface area contributed by atoms with Gasteiger partial charge in [-0.2, -0.15) is 0 Å². The quantitative estimate of drug-likeness (QED) is 0.532. The molecule has 0 aromatic heterocycles. The highest BCUT2D eigenvalue weighted by Gasteiger charge is 2.56. The monoisotopic (exact) mass is 324 g/mol. The Morgan fingerprint density at radius 3 is 2.13 bits per heavy atom. The molecule has 0 N–H and O–H groups in total. The maximum Gasteiger partial charge on any atom is 0.332 e. The van der Waals surface area contributed by atoms with E-state index in [1.807, 2.05) is 0 Å². The van der Waals surface area contributed by atoms with Gasteiger partial charge in [0.15, 0.2) is 0 Å². The van der Waals surface area contributed by atoms with E-state index < -0.39 is 0 Å². The number of esters is 2. The van der Waals surface area contributed by atoms with Gasteiger partial charge >= 0.3 is 11.9 Å². The van der Waals surface area contributed by atoms with Crippen molar-refractivity contribution in [3.05, 3.63) is 0 Å². The highest BCUT2D eigenvalue weighted by molar-refractivity contribution is 5.71. The Hall–Kier alpha value is -1.10. The molecule has 4 aliphatic carbocycles. The highest BCUT2D eigenvalue weighted by Crippen LogP contribution is 2.59. The van der Waals surface area contributed by atoms with Crippen LogP contribution < -0.4 is 0 Å². The second-order valence-electron chi connectivity index (χ2n) is 7.59. The van der Waals surface area contributed by atoms with Gasteiger partial charge in [0, 0.05) is 6.42 Å². The molecule has 4 bridgehead atoms. The first-order chi connectivity index (χ1) is 11.0. The third kappa shape index (κ3) is 3.54. The molecule has 0 aliphatic heterocycles. The Labute approximate surface area is 138 Å². The zero-order chi connectivity index (χ0) is 16.4. The molecule has 0 radical (unpaired) electrons. The standard InChI is InChI=1S/C18H28O5/c1-3-16(19)22-5-4-21-11-17(20)23-18(2)14-7-12-6-13(9-14)10-15(18)8-12/h12-15H,3-11H2,1-2H3. The van der Waals surface area contributed by atoms with Crippen molar-refractivity contribution in [2.24, 2.45) is 23.7 Å². The van der Waals surface area contributed by atoms with Crippen molar-refractivity contribution in [3.8, 4) is 0 Å². The lowest BCUT2D eigenvalue weighted by Crippen LogP contribution is -2.58. The van der Waals surface area contributed by atoms with Crippen molar-refractivity contribution in [1.29, 1.82) is 0 Å². The molecule has 0 unspecified atom stereocenters. The minimum atomic E-state index is -0.303. The van der Waals surface area contributed by atoms with E-state index in [4.69, 9.17) is 14.2 Å². The van der Waals surface area contributed by atoms with Crippen molar-refractivity contribution in [1.82, 2.24) is 0 Å². The topological polar surface area (TPSA) is 61.8 Å². The van der Waals surface area contributed by atoms with Crippen molar-refractivity contribution in [3.63, 3.8) is 0 Å². The normalized spacial score (nSPS) is 37.7. The third-order valence-corrected chi connectivity index (χ3v) is 6.09. The molecule has 0 heterocycles. The molecular formula is C18H28O5. The van der Waals surface area contributed by atoms with Crippen molar-refractivity contribution >= 4 is 11.9 Å². The maximum atomic E-state index is 12.1. The molecule has 5 nitrogen and oxygen atoms in total. The predicted molar refractivity (Wildman–Crippen MR) is 83.6 cm³/mol. The van der Waals surface area contributed by atoms with Gasteiger partial charge in [0.05, 0.1) is 6.61 Å². The Balaban J connectivity index is 1.42. The Morgan fingerprint density at radius 1 is 0.957 bits per heavy atom. The van der Waals surface area contributed by atoms with Crippen LogP contribution in [0.3, 0.4) is 0 Å². The van der Waals surface area contributed by atoms with Crippen LogP contribution >= 0.6 is 0 Å². The first-order valence-corrected chi connectivity index (χ1v) is 8.96. The van der Waals surface area contributed by atoms with Crippen molar-refractivity contribution in [2.45, 2.75) is 58.0 Å². The van der Waals surface area contributed by atoms with Crippen molar-refractivity contribution < 1.29 is 23.8 Å². The summed E-state index contributed by atoms with van der Waals surface area (Å²) < 4.78 is 16.1. The number of hydrogen-bond acceptors (Lipinski definition) is 5. The number of ether oxygens (including phenoxy) is 3. The predicted octanol–water partition coefficient (Wildman–Crippen LogP) is 2.71. The molecule has 4 fully saturated rings. The van der Waals surface area contributed by atoms with E-state index in [0.717, 1.165) is 11.8 Å². The van der Waals surface area contributed by atoms with Gasteiger partial charge in [-0.3, -0.25) is 4.79 Å². The van der Waals surface area contributed by atoms with Crippen LogP contribution in [0.25, 0.3) is 0 Å². The smallest absolute Gasteiger partial charge is 0.332 e. The van der Waals surface area contributed by atoms with Gasteiger partial charge in [0.2, 0.25) is 0 Å². The number of carbonyl (C=O) groups excluding carboxylic acids is 2. The van der Waals surface area contributed by atoms with Crippen LogP contribution in [-0.4, -0.2) is 37.4 Å². The lowest BCUT2D eigenvalue weighted by molar-refractivity contribution is -0.206. The van der Waals surface area contributed by atoms with Crippen LogP contribution in [0.2, 0.25) is 0 Å². The summed E-state index contributed by atoms with van der Waals surface area (Å²) >= 11 is 0. The first kappa shape index (κ1) is 16.7. The van der Waals surface area contributed by atoms with Crippen LogP contribution in [0.5, 0.6) is 0 Å². The van der Waals surface area contributed by atoms with Crippen LogP contribution in [0.1, 0.15) is 52.4 Å². The molecule has 0 spiro atoms. The van der Waals surface area contributed by atoms with Crippen LogP contribution in [0, 0.1) is 23.7 Å². The maximum absolute atomic E-state index is 12.1. The fourth-order valence-electron chi connectivity index (χ4n) is 5.03. The van der Waals surface area contributed by atoms with Gasteiger partial charge < -0.3 is 14.2 Å². The fraction of sp³-hybridized carbons (Fsp3) is 0.889. The average Bonchev–Trinajstić information content (AvgIpc) is 2.51. The molecule has 0 amide bonds. The average molecular weight is 324 g/mol. The second-order valence-corrected chi connectivity index (χ2v) is 7.59. The summed E-state index contributed by atoms with van der Waals surface area (Å²) in [7, 11) is 0. The van der Waals surface area contributed by atoms with Crippen LogP contribution in [0.15, 0.2) is 0 Å². The van der Waals surface area contributed by atoms with Crippen molar-refractivity contribution in [2.75, 3.05) is 19.8 Å². The molecule has 23 heavy (non-hydrogen) atoms. The molecule has 4 rings (SSSR count). The van der Waals surface area contributed by atoms with E-state index >= 15 is 0 Å². The minimum Gasteiger partial charge on any atom is -0.463 e. The summed E-state index contributed by atoms with van der Waals surface area (Å²) in [4.78, 5) is 23.1. The summed E-state index contributed by atoms with van der Waals surface area (Å²) in [6.45, 7) is 4.22. The Kier molecular flexibility index (Phi) is 4.95. The van der Waals surface area contributed by atoms with E-state index in [9.17, 15) is 9.59 Å². The summed E-state index contributed by atoms with van der Waals surface area (Å²) in [6, 6.07) is 0. The fourth-order valence-corrected chi connectivity index (χ4v) is 5.03. The van der Waals surface area contributed by atoms with E-state index in [1.54, 1.807) is 6.92 Å². The number of hydrogen-bond donors (Lipinski definition) is 0. The van der Waals surface area contributed by atoms with Gasteiger partial charge in [-0.15, -0.1) is 0 Å². The number of carbonyl (C=O) groups is 2.